The third-order valence-electron chi connectivity index (χ3n) is 11.9. The third-order valence-corrected chi connectivity index (χ3v) is 11.9. The summed E-state index contributed by atoms with van der Waals surface area (Å²) in [6.07, 6.45) is 23.2. The second-order valence-electron chi connectivity index (χ2n) is 16.0. The molecule has 0 saturated heterocycles. The van der Waals surface area contributed by atoms with Crippen LogP contribution in [0.3, 0.4) is 0 Å². The molecule has 0 fully saturated rings. The molecule has 11 rings (SSSR count). The third kappa shape index (κ3) is 8.46. The summed E-state index contributed by atoms with van der Waals surface area (Å²) in [5, 5.41) is 9.75. The fourth-order valence-electron chi connectivity index (χ4n) is 8.31. The fourth-order valence-corrected chi connectivity index (χ4v) is 8.31. The summed E-state index contributed by atoms with van der Waals surface area (Å²) < 4.78 is 0. The van der Waals surface area contributed by atoms with Gasteiger partial charge in [0.15, 0.2) is 0 Å². The minimum absolute atomic E-state index is 0.579. The highest BCUT2D eigenvalue weighted by atomic mass is 14.9. The van der Waals surface area contributed by atoms with Gasteiger partial charge in [-0.25, -0.2) is 0 Å². The van der Waals surface area contributed by atoms with Gasteiger partial charge in [-0.1, -0.05) is 109 Å². The first-order valence-corrected chi connectivity index (χ1v) is 21.8. The fraction of sp³-hybridized carbons (Fsp3) is 0.0345. The lowest BCUT2D eigenvalue weighted by atomic mass is 9.91. The maximum atomic E-state index is 4.99. The van der Waals surface area contributed by atoms with Gasteiger partial charge < -0.3 is 10.6 Å². The molecule has 2 aliphatic heterocycles. The average molecular weight is 849 g/mol. The van der Waals surface area contributed by atoms with Crippen LogP contribution in [-0.2, 0) is 0 Å². The van der Waals surface area contributed by atoms with Crippen LogP contribution in [0.4, 0.5) is 0 Å². The van der Waals surface area contributed by atoms with Crippen molar-refractivity contribution in [1.82, 2.24) is 29.9 Å². The van der Waals surface area contributed by atoms with Crippen LogP contribution in [0.2, 0.25) is 0 Å². The molecule has 0 radical (unpaired) electrons. The van der Waals surface area contributed by atoms with E-state index >= 15 is 0 Å². The molecule has 0 spiro atoms. The van der Waals surface area contributed by atoms with Gasteiger partial charge in [0.2, 0.25) is 0 Å². The minimum Gasteiger partial charge on any atom is -0.680 e. The van der Waals surface area contributed by atoms with E-state index in [1.165, 1.54) is 11.1 Å². The van der Waals surface area contributed by atoms with E-state index in [1.807, 2.05) is 85.7 Å². The Bertz CT molecular complexity index is 3300. The highest BCUT2D eigenvalue weighted by Crippen LogP contribution is 2.37. The van der Waals surface area contributed by atoms with Crippen LogP contribution in [0.5, 0.6) is 0 Å². The summed E-state index contributed by atoms with van der Waals surface area (Å²) in [4.78, 5) is 27.4. The first-order valence-electron chi connectivity index (χ1n) is 21.8. The quantitative estimate of drug-likeness (QED) is 0.136. The molecule has 0 unspecified atom stereocenters. The monoisotopic (exact) mass is 848 g/mol. The molecule has 0 saturated carbocycles. The zero-order chi connectivity index (χ0) is 44.1. The summed E-state index contributed by atoms with van der Waals surface area (Å²) in [5.41, 5.74) is 20.4. The average Bonchev–Trinajstić information content (AvgIpc) is 3.42. The van der Waals surface area contributed by atoms with E-state index in [4.69, 9.17) is 25.6 Å². The van der Waals surface area contributed by atoms with Gasteiger partial charge >= 0.3 is 0 Å². The number of nitrogens with zero attached hydrogens (tertiary/aromatic N) is 8. The molecule has 0 amide bonds. The van der Waals surface area contributed by atoms with E-state index in [9.17, 15) is 0 Å². The van der Waals surface area contributed by atoms with Crippen LogP contribution < -0.4 is 0 Å². The van der Waals surface area contributed by atoms with Gasteiger partial charge in [-0.15, -0.1) is 24.5 Å². The summed E-state index contributed by atoms with van der Waals surface area (Å²) in [6.45, 7) is 1.16. The van der Waals surface area contributed by atoms with Gasteiger partial charge in [-0.3, -0.25) is 29.9 Å². The molecule has 8 nitrogen and oxygen atoms in total. The van der Waals surface area contributed by atoms with Crippen molar-refractivity contribution in [3.8, 4) is 67.2 Å². The Morgan fingerprint density at radius 1 is 0.303 bits per heavy atom. The van der Waals surface area contributed by atoms with Crippen molar-refractivity contribution in [3.05, 3.63) is 252 Å². The standard InChI is InChI=1S/C58H40N8/c1-2-14-52(42-10-4-8-40(30-42)44-16-22-56(62-34-44)48-20-26-58(66-38-48)50-18-24-54(64-36-50)46-12-6-28-60-32-46)51(13-1)41-9-3-7-39(29-41)43-15-21-55(61-33-43)47-19-25-57(65-37-47)49-17-23-53(63-35-49)45-11-5-27-59-31-45/h1-33,35,37-38H,34,36H2/q-2. The molecule has 0 bridgehead atoms. The Hall–Kier alpha value is -8.88. The largest absolute Gasteiger partial charge is 0.680 e. The number of aromatic nitrogens is 6. The van der Waals surface area contributed by atoms with E-state index in [-0.39, 0.29) is 0 Å². The van der Waals surface area contributed by atoms with Crippen molar-refractivity contribution in [2.24, 2.45) is 0 Å². The number of allylic oxidation sites excluding steroid dienone is 4. The SMILES string of the molecule is C1=C(c2cccc(-c3ccccc3-c3cccc(-c4ccc(-c5ccc(-c6ccc(-c7cccnc7)nc6)nc5)nc4)c3)c2)C[N-]C(c2ccc(C3=CC=C(c4cccnc4)[N-]C3)nc2)=C1. The molecule has 8 heteroatoms. The smallest absolute Gasteiger partial charge is 0.0717 e. The Labute approximate surface area is 383 Å². The predicted molar refractivity (Wildman–Crippen MR) is 267 cm³/mol. The van der Waals surface area contributed by atoms with Gasteiger partial charge in [0.1, 0.15) is 0 Å². The summed E-state index contributed by atoms with van der Waals surface area (Å²) in [7, 11) is 0. The molecule has 6 aromatic heterocycles. The molecule has 2 aliphatic rings. The van der Waals surface area contributed by atoms with E-state index in [0.29, 0.717) is 13.1 Å². The van der Waals surface area contributed by atoms with Crippen molar-refractivity contribution < 1.29 is 0 Å². The summed E-state index contributed by atoms with van der Waals surface area (Å²) >= 11 is 0. The Kier molecular flexibility index (Phi) is 10.9. The van der Waals surface area contributed by atoms with Crippen LogP contribution in [0.15, 0.2) is 219 Å². The van der Waals surface area contributed by atoms with E-state index < -0.39 is 0 Å². The molecule has 3 aromatic carbocycles. The van der Waals surface area contributed by atoms with Gasteiger partial charge in [0, 0.05) is 71.8 Å². The van der Waals surface area contributed by atoms with Crippen LogP contribution in [0.25, 0.3) is 100 Å². The molecule has 8 heterocycles. The van der Waals surface area contributed by atoms with Crippen LogP contribution in [0, 0.1) is 0 Å². The van der Waals surface area contributed by atoms with Crippen molar-refractivity contribution in [3.63, 3.8) is 0 Å². The Morgan fingerprint density at radius 3 is 1.26 bits per heavy atom. The molecule has 9 aromatic rings. The van der Waals surface area contributed by atoms with Crippen molar-refractivity contribution in [2.75, 3.05) is 13.1 Å². The number of benzene rings is 3. The Morgan fingerprint density at radius 2 is 0.742 bits per heavy atom. The lowest BCUT2D eigenvalue weighted by Gasteiger charge is -2.31. The summed E-state index contributed by atoms with van der Waals surface area (Å²) in [5.74, 6) is 0. The molecular formula is C58H40N8-2. The van der Waals surface area contributed by atoms with Crippen molar-refractivity contribution >= 4 is 22.5 Å². The van der Waals surface area contributed by atoms with Gasteiger partial charge in [0.25, 0.3) is 0 Å². The minimum atomic E-state index is 0.579. The van der Waals surface area contributed by atoms with Gasteiger partial charge in [-0.2, -0.15) is 0 Å². The maximum Gasteiger partial charge on any atom is 0.0717 e. The summed E-state index contributed by atoms with van der Waals surface area (Å²) in [6, 6.07) is 50.4. The Balaban J connectivity index is 0.773. The van der Waals surface area contributed by atoms with Crippen LogP contribution >= 0.6 is 0 Å². The molecule has 0 aliphatic carbocycles. The van der Waals surface area contributed by atoms with E-state index in [2.05, 4.69) is 136 Å². The number of hydrogen-bond acceptors (Lipinski definition) is 6. The topological polar surface area (TPSA) is 106 Å². The molecule has 0 N–H and O–H groups in total. The highest BCUT2D eigenvalue weighted by Gasteiger charge is 2.12. The lowest BCUT2D eigenvalue weighted by Crippen LogP contribution is -2.01. The second kappa shape index (κ2) is 18.1. The molecular weight excluding hydrogens is 809 g/mol. The first-order chi connectivity index (χ1) is 32.7. The van der Waals surface area contributed by atoms with E-state index in [1.54, 1.807) is 12.4 Å². The van der Waals surface area contributed by atoms with Gasteiger partial charge in [0.05, 0.1) is 22.8 Å². The second-order valence-corrected chi connectivity index (χ2v) is 16.0. The predicted octanol–water partition coefficient (Wildman–Crippen LogP) is 13.7. The van der Waals surface area contributed by atoms with E-state index in [0.717, 1.165) is 101 Å². The van der Waals surface area contributed by atoms with Crippen molar-refractivity contribution in [1.29, 1.82) is 0 Å². The van der Waals surface area contributed by atoms with Crippen molar-refractivity contribution in [2.45, 2.75) is 0 Å². The highest BCUT2D eigenvalue weighted by molar-refractivity contribution is 5.90. The zero-order valence-corrected chi connectivity index (χ0v) is 35.8. The van der Waals surface area contributed by atoms with Crippen LogP contribution in [-0.4, -0.2) is 43.0 Å². The molecule has 314 valence electrons. The molecule has 66 heavy (non-hydrogen) atoms. The number of rotatable bonds is 10. The normalized spacial score (nSPS) is 13.3. The lowest BCUT2D eigenvalue weighted by molar-refractivity contribution is 1.22. The number of pyridine rings is 6. The first kappa shape index (κ1) is 39.9. The zero-order valence-electron chi connectivity index (χ0n) is 35.8. The maximum absolute atomic E-state index is 4.99. The number of hydrogen-bond donors (Lipinski definition) is 0. The molecule has 0 atom stereocenters. The van der Waals surface area contributed by atoms with Crippen LogP contribution in [0.1, 0.15) is 22.4 Å². The van der Waals surface area contributed by atoms with Gasteiger partial charge in [-0.05, 0) is 117 Å².